The second kappa shape index (κ2) is 4.19. The van der Waals surface area contributed by atoms with Crippen LogP contribution in [0.25, 0.3) is 0 Å². The topological polar surface area (TPSA) is 9.23 Å². The van der Waals surface area contributed by atoms with Crippen LogP contribution >= 0.6 is 27.7 Å². The Balaban J connectivity index is 3.24. The first-order chi connectivity index (χ1) is 5.69. The number of halogens is 1. The summed E-state index contributed by atoms with van der Waals surface area (Å²) in [4.78, 5) is 1.17. The van der Waals surface area contributed by atoms with Crippen molar-refractivity contribution in [2.75, 3.05) is 13.4 Å². The molecule has 0 bridgehead atoms. The Labute approximate surface area is 85.6 Å². The zero-order valence-electron chi connectivity index (χ0n) is 7.35. The second-order valence-corrected chi connectivity index (χ2v) is 4.22. The molecule has 0 fully saturated rings. The summed E-state index contributed by atoms with van der Waals surface area (Å²) in [6.07, 6.45) is 2.05. The van der Waals surface area contributed by atoms with Gasteiger partial charge < -0.3 is 4.74 Å². The average molecular weight is 247 g/mol. The maximum Gasteiger partial charge on any atom is 0.135 e. The maximum absolute atomic E-state index is 5.28. The van der Waals surface area contributed by atoms with Crippen molar-refractivity contribution < 1.29 is 4.74 Å². The van der Waals surface area contributed by atoms with Crippen LogP contribution in [0.1, 0.15) is 5.56 Å². The monoisotopic (exact) mass is 246 g/mol. The molecule has 12 heavy (non-hydrogen) atoms. The maximum atomic E-state index is 5.28. The summed E-state index contributed by atoms with van der Waals surface area (Å²) in [7, 11) is 1.70. The summed E-state index contributed by atoms with van der Waals surface area (Å²) in [6, 6.07) is 4.12. The highest BCUT2D eigenvalue weighted by atomic mass is 79.9. The molecule has 1 rings (SSSR count). The molecule has 0 aliphatic heterocycles. The smallest absolute Gasteiger partial charge is 0.135 e. The predicted octanol–water partition coefficient (Wildman–Crippen LogP) is 3.49. The van der Waals surface area contributed by atoms with Gasteiger partial charge in [0.2, 0.25) is 0 Å². The molecular formula is C9H11BrOS. The van der Waals surface area contributed by atoms with Crippen molar-refractivity contribution in [3.05, 3.63) is 22.2 Å². The van der Waals surface area contributed by atoms with E-state index in [1.165, 1.54) is 4.90 Å². The van der Waals surface area contributed by atoms with Crippen molar-refractivity contribution in [1.82, 2.24) is 0 Å². The van der Waals surface area contributed by atoms with Crippen LogP contribution in [-0.4, -0.2) is 13.4 Å². The van der Waals surface area contributed by atoms with E-state index in [2.05, 4.69) is 28.1 Å². The molecule has 0 aromatic heterocycles. The molecular weight excluding hydrogens is 236 g/mol. The standard InChI is InChI=1S/C9H11BrOS/c1-6-4-7(10)5-8(12-3)9(6)11-2/h4-5H,1-3H3. The Morgan fingerprint density at radius 1 is 1.42 bits per heavy atom. The van der Waals surface area contributed by atoms with Crippen LogP contribution in [0.5, 0.6) is 5.75 Å². The minimum atomic E-state index is 0.978. The molecule has 0 heterocycles. The molecule has 0 N–H and O–H groups in total. The Morgan fingerprint density at radius 3 is 2.58 bits per heavy atom. The number of rotatable bonds is 2. The van der Waals surface area contributed by atoms with Crippen LogP contribution < -0.4 is 4.74 Å². The highest BCUT2D eigenvalue weighted by Crippen LogP contribution is 2.33. The fourth-order valence-electron chi connectivity index (χ4n) is 1.11. The number of hydrogen-bond donors (Lipinski definition) is 0. The van der Waals surface area contributed by atoms with Gasteiger partial charge in [0.1, 0.15) is 5.75 Å². The molecule has 0 saturated carbocycles. The van der Waals surface area contributed by atoms with Gasteiger partial charge in [0, 0.05) is 4.47 Å². The summed E-state index contributed by atoms with van der Waals surface area (Å²) in [5, 5.41) is 0. The minimum Gasteiger partial charge on any atom is -0.495 e. The molecule has 0 amide bonds. The largest absolute Gasteiger partial charge is 0.495 e. The highest BCUT2D eigenvalue weighted by molar-refractivity contribution is 9.10. The van der Waals surface area contributed by atoms with Gasteiger partial charge in [-0.05, 0) is 30.9 Å². The fourth-order valence-corrected chi connectivity index (χ4v) is 2.51. The van der Waals surface area contributed by atoms with Gasteiger partial charge in [-0.2, -0.15) is 0 Å². The van der Waals surface area contributed by atoms with Gasteiger partial charge in [-0.1, -0.05) is 15.9 Å². The molecule has 0 aliphatic rings. The lowest BCUT2D eigenvalue weighted by Crippen LogP contribution is -1.89. The summed E-state index contributed by atoms with van der Waals surface area (Å²) in [5.74, 6) is 0.978. The van der Waals surface area contributed by atoms with Crippen LogP contribution in [0.2, 0.25) is 0 Å². The number of methoxy groups -OCH3 is 1. The molecule has 0 atom stereocenters. The van der Waals surface area contributed by atoms with Crippen molar-refractivity contribution in [3.8, 4) is 5.75 Å². The third-order valence-electron chi connectivity index (χ3n) is 1.63. The van der Waals surface area contributed by atoms with Crippen molar-refractivity contribution in [3.63, 3.8) is 0 Å². The molecule has 66 valence electrons. The van der Waals surface area contributed by atoms with Gasteiger partial charge >= 0.3 is 0 Å². The van der Waals surface area contributed by atoms with Crippen LogP contribution in [0.3, 0.4) is 0 Å². The van der Waals surface area contributed by atoms with Gasteiger partial charge in [-0.15, -0.1) is 11.8 Å². The van der Waals surface area contributed by atoms with Crippen molar-refractivity contribution in [2.24, 2.45) is 0 Å². The Morgan fingerprint density at radius 2 is 2.08 bits per heavy atom. The summed E-state index contributed by atoms with van der Waals surface area (Å²) in [6.45, 7) is 2.04. The van der Waals surface area contributed by atoms with E-state index in [1.54, 1.807) is 18.9 Å². The molecule has 1 nitrogen and oxygen atoms in total. The van der Waals surface area contributed by atoms with Crippen LogP contribution in [0, 0.1) is 6.92 Å². The third-order valence-corrected chi connectivity index (χ3v) is 2.83. The predicted molar refractivity (Wildman–Crippen MR) is 57.2 cm³/mol. The normalized spacial score (nSPS) is 10.0. The lowest BCUT2D eigenvalue weighted by atomic mass is 10.2. The lowest BCUT2D eigenvalue weighted by Gasteiger charge is -2.09. The van der Waals surface area contributed by atoms with E-state index in [0.29, 0.717) is 0 Å². The summed E-state index contributed by atoms with van der Waals surface area (Å²) >= 11 is 5.14. The first-order valence-electron chi connectivity index (χ1n) is 3.57. The first kappa shape index (κ1) is 9.93. The lowest BCUT2D eigenvalue weighted by molar-refractivity contribution is 0.401. The van der Waals surface area contributed by atoms with E-state index in [9.17, 15) is 0 Å². The average Bonchev–Trinajstić information content (AvgIpc) is 2.03. The number of ether oxygens (including phenoxy) is 1. The quantitative estimate of drug-likeness (QED) is 0.740. The first-order valence-corrected chi connectivity index (χ1v) is 5.59. The zero-order valence-corrected chi connectivity index (χ0v) is 9.75. The van der Waals surface area contributed by atoms with Crippen LogP contribution in [0.4, 0.5) is 0 Å². The molecule has 3 heteroatoms. The van der Waals surface area contributed by atoms with Crippen LogP contribution in [0.15, 0.2) is 21.5 Å². The van der Waals surface area contributed by atoms with Gasteiger partial charge in [0.05, 0.1) is 12.0 Å². The number of aryl methyl sites for hydroxylation is 1. The molecule has 0 spiro atoms. The number of thioether (sulfide) groups is 1. The fraction of sp³-hybridized carbons (Fsp3) is 0.333. The van der Waals surface area contributed by atoms with E-state index >= 15 is 0 Å². The van der Waals surface area contributed by atoms with Gasteiger partial charge in [-0.3, -0.25) is 0 Å². The summed E-state index contributed by atoms with van der Waals surface area (Å²) in [5.41, 5.74) is 1.16. The Kier molecular flexibility index (Phi) is 3.47. The van der Waals surface area contributed by atoms with E-state index in [4.69, 9.17) is 4.74 Å². The van der Waals surface area contributed by atoms with E-state index in [1.807, 2.05) is 13.2 Å². The van der Waals surface area contributed by atoms with E-state index in [0.717, 1.165) is 15.8 Å². The SMILES string of the molecule is COc1c(C)cc(Br)cc1SC. The molecule has 1 aromatic carbocycles. The van der Waals surface area contributed by atoms with E-state index < -0.39 is 0 Å². The molecule has 0 unspecified atom stereocenters. The highest BCUT2D eigenvalue weighted by Gasteiger charge is 2.05. The van der Waals surface area contributed by atoms with Crippen LogP contribution in [-0.2, 0) is 0 Å². The number of benzene rings is 1. The van der Waals surface area contributed by atoms with Crippen molar-refractivity contribution in [2.45, 2.75) is 11.8 Å². The summed E-state index contributed by atoms with van der Waals surface area (Å²) < 4.78 is 6.38. The molecule has 0 aliphatic carbocycles. The van der Waals surface area contributed by atoms with E-state index in [-0.39, 0.29) is 0 Å². The van der Waals surface area contributed by atoms with Crippen molar-refractivity contribution >= 4 is 27.7 Å². The Hall–Kier alpha value is -0.150. The molecule has 1 aromatic rings. The molecule has 0 saturated heterocycles. The third kappa shape index (κ3) is 1.96. The zero-order chi connectivity index (χ0) is 9.14. The molecule has 0 radical (unpaired) electrons. The van der Waals surface area contributed by atoms with Crippen molar-refractivity contribution in [1.29, 1.82) is 0 Å². The van der Waals surface area contributed by atoms with Gasteiger partial charge in [-0.25, -0.2) is 0 Å². The van der Waals surface area contributed by atoms with Gasteiger partial charge in [0.25, 0.3) is 0 Å². The second-order valence-electron chi connectivity index (χ2n) is 2.46. The Bertz CT molecular complexity index is 286. The van der Waals surface area contributed by atoms with Gasteiger partial charge in [0.15, 0.2) is 0 Å². The number of hydrogen-bond acceptors (Lipinski definition) is 2. The minimum absolute atomic E-state index is 0.978.